The number of carbonyl (C=O) groups is 1. The maximum atomic E-state index is 11.8. The zero-order valence-electron chi connectivity index (χ0n) is 24.6. The number of methoxy groups -OCH3 is 1. The first-order chi connectivity index (χ1) is 17.4. The molecule has 0 spiro atoms. The van der Waals surface area contributed by atoms with Crippen molar-refractivity contribution in [3.8, 4) is 0 Å². The quantitative estimate of drug-likeness (QED) is 0.445. The highest BCUT2D eigenvalue weighted by atomic mass is 16.7. The summed E-state index contributed by atoms with van der Waals surface area (Å²) >= 11 is 0. The minimum Gasteiger partial charge on any atom is -0.479 e. The third-order valence-electron chi connectivity index (χ3n) is 10.2. The van der Waals surface area contributed by atoms with E-state index in [0.717, 1.165) is 6.42 Å². The van der Waals surface area contributed by atoms with Crippen molar-refractivity contribution in [3.63, 3.8) is 0 Å². The molecule has 3 saturated heterocycles. The summed E-state index contributed by atoms with van der Waals surface area (Å²) in [5, 5.41) is 9.67. The van der Waals surface area contributed by atoms with Crippen molar-refractivity contribution < 1.29 is 38.3 Å². The summed E-state index contributed by atoms with van der Waals surface area (Å²) in [5.41, 5.74) is 0. The number of rotatable bonds is 9. The molecule has 3 aliphatic heterocycles. The minimum absolute atomic E-state index is 0.00366. The zero-order valence-corrected chi connectivity index (χ0v) is 24.6. The first-order valence-corrected chi connectivity index (χ1v) is 14.4. The summed E-state index contributed by atoms with van der Waals surface area (Å²) in [6.07, 6.45) is -0.909. The number of carboxylic acid groups (broad SMARTS) is 1. The van der Waals surface area contributed by atoms with Crippen LogP contribution in [0.25, 0.3) is 0 Å². The highest BCUT2D eigenvalue weighted by Crippen LogP contribution is 2.41. The van der Waals surface area contributed by atoms with Crippen LogP contribution in [0.5, 0.6) is 0 Å². The number of ether oxygens (including phenoxy) is 6. The fraction of sp³-hybridized carbons (Fsp3) is 0.966. The van der Waals surface area contributed by atoms with Gasteiger partial charge in [0.05, 0.1) is 25.4 Å². The maximum Gasteiger partial charge on any atom is 0.333 e. The lowest BCUT2D eigenvalue weighted by Crippen LogP contribution is -2.53. The van der Waals surface area contributed by atoms with Gasteiger partial charge in [-0.25, -0.2) is 4.79 Å². The third-order valence-corrected chi connectivity index (χ3v) is 10.2. The van der Waals surface area contributed by atoms with E-state index in [1.165, 1.54) is 0 Å². The molecule has 8 nitrogen and oxygen atoms in total. The monoisotopic (exact) mass is 528 g/mol. The fourth-order valence-corrected chi connectivity index (χ4v) is 6.79. The van der Waals surface area contributed by atoms with E-state index in [1.807, 2.05) is 6.92 Å². The topological polar surface area (TPSA) is 92.7 Å². The van der Waals surface area contributed by atoms with Gasteiger partial charge in [0, 0.05) is 24.9 Å². The summed E-state index contributed by atoms with van der Waals surface area (Å²) < 4.78 is 37.1. The Bertz CT molecular complexity index is 733. The van der Waals surface area contributed by atoms with Crippen LogP contribution in [-0.4, -0.2) is 68.6 Å². The molecule has 0 amide bonds. The Hall–Kier alpha value is -0.770. The summed E-state index contributed by atoms with van der Waals surface area (Å²) in [6.45, 7) is 20.1. The molecule has 216 valence electrons. The summed E-state index contributed by atoms with van der Waals surface area (Å²) in [6, 6.07) is 0. The first-order valence-electron chi connectivity index (χ1n) is 14.4. The normalized spacial score (nSPS) is 49.1. The molecule has 3 heterocycles. The van der Waals surface area contributed by atoms with Crippen LogP contribution in [0.1, 0.15) is 68.7 Å². The van der Waals surface area contributed by atoms with Gasteiger partial charge in [0.15, 0.2) is 25.0 Å². The molecule has 15 atom stereocenters. The van der Waals surface area contributed by atoms with Gasteiger partial charge in [-0.1, -0.05) is 54.9 Å². The van der Waals surface area contributed by atoms with Crippen molar-refractivity contribution >= 4 is 5.97 Å². The molecule has 0 aliphatic carbocycles. The average Bonchev–Trinajstić information content (AvgIpc) is 2.86. The van der Waals surface area contributed by atoms with Gasteiger partial charge in [0.25, 0.3) is 0 Å². The molecule has 3 fully saturated rings. The van der Waals surface area contributed by atoms with Crippen LogP contribution in [-0.2, 0) is 33.2 Å². The van der Waals surface area contributed by atoms with E-state index in [1.54, 1.807) is 7.11 Å². The first kappa shape index (κ1) is 30.8. The Labute approximate surface area is 224 Å². The van der Waals surface area contributed by atoms with Crippen molar-refractivity contribution in [2.75, 3.05) is 20.3 Å². The molecule has 0 aromatic rings. The van der Waals surface area contributed by atoms with Gasteiger partial charge in [0.2, 0.25) is 0 Å². The molecule has 3 aliphatic rings. The molecule has 0 saturated carbocycles. The Morgan fingerprint density at radius 1 is 0.649 bits per heavy atom. The van der Waals surface area contributed by atoms with E-state index in [-0.39, 0.29) is 54.0 Å². The second-order valence-electron chi connectivity index (χ2n) is 12.1. The molecule has 37 heavy (non-hydrogen) atoms. The summed E-state index contributed by atoms with van der Waals surface area (Å²) in [4.78, 5) is 11.8. The van der Waals surface area contributed by atoms with Crippen molar-refractivity contribution in [1.82, 2.24) is 0 Å². The lowest BCUT2D eigenvalue weighted by Gasteiger charge is -2.47. The van der Waals surface area contributed by atoms with Crippen molar-refractivity contribution in [1.29, 1.82) is 0 Å². The molecule has 6 unspecified atom stereocenters. The highest BCUT2D eigenvalue weighted by molar-refractivity contribution is 5.72. The van der Waals surface area contributed by atoms with Gasteiger partial charge >= 0.3 is 5.97 Å². The van der Waals surface area contributed by atoms with Gasteiger partial charge < -0.3 is 33.5 Å². The Morgan fingerprint density at radius 2 is 1.16 bits per heavy atom. The highest BCUT2D eigenvalue weighted by Gasteiger charge is 2.47. The molecule has 0 aromatic heterocycles. The maximum absolute atomic E-state index is 11.8. The number of carboxylic acids is 1. The van der Waals surface area contributed by atoms with Crippen molar-refractivity contribution in [3.05, 3.63) is 0 Å². The molecule has 0 radical (unpaired) electrons. The zero-order chi connectivity index (χ0) is 27.6. The summed E-state index contributed by atoms with van der Waals surface area (Å²) in [5.74, 6) is 0.783. The van der Waals surface area contributed by atoms with Crippen molar-refractivity contribution in [2.45, 2.75) is 106 Å². The third kappa shape index (κ3) is 6.52. The number of aliphatic carboxylic acids is 1. The van der Waals surface area contributed by atoms with Crippen molar-refractivity contribution in [2.24, 2.45) is 53.3 Å². The van der Waals surface area contributed by atoms with E-state index in [2.05, 4.69) is 55.4 Å². The van der Waals surface area contributed by atoms with E-state index < -0.39 is 24.7 Å². The minimum atomic E-state index is -0.945. The van der Waals surface area contributed by atoms with Gasteiger partial charge in [-0.15, -0.1) is 0 Å². The molecule has 8 heteroatoms. The van der Waals surface area contributed by atoms with Crippen LogP contribution in [0, 0.1) is 53.3 Å². The smallest absolute Gasteiger partial charge is 0.333 e. The van der Waals surface area contributed by atoms with Crippen LogP contribution in [0.3, 0.4) is 0 Å². The van der Waals surface area contributed by atoms with Crippen LogP contribution < -0.4 is 0 Å². The Morgan fingerprint density at radius 3 is 1.70 bits per heavy atom. The Kier molecular flexibility index (Phi) is 10.9. The van der Waals surface area contributed by atoms with Crippen LogP contribution in [0.15, 0.2) is 0 Å². The standard InChI is InChI=1S/C29H52O8/c1-11-22-17(5)20(8)35-28(19(22)7)33-12-23-18(6)21(9)36-29(32-10)24(23)13-34-27-16(4)14(2)15(3)25(37-27)26(30)31/h14-25,27-29H,11-13H2,1-10H3,(H,30,31)/t14-,15+,16?,17-,18-,19?,20?,21?,22+,23+,24?,25?,27+,28-,29-/m1/s1. The Balaban J connectivity index is 1.72. The molecule has 3 rings (SSSR count). The van der Waals surface area contributed by atoms with Crippen LogP contribution in [0.4, 0.5) is 0 Å². The van der Waals surface area contributed by atoms with E-state index >= 15 is 0 Å². The fourth-order valence-electron chi connectivity index (χ4n) is 6.79. The largest absolute Gasteiger partial charge is 0.479 e. The molecule has 1 N–H and O–H groups in total. The average molecular weight is 529 g/mol. The van der Waals surface area contributed by atoms with E-state index in [4.69, 9.17) is 28.4 Å². The van der Waals surface area contributed by atoms with E-state index in [0.29, 0.717) is 31.0 Å². The lowest BCUT2D eigenvalue weighted by molar-refractivity contribution is -0.297. The van der Waals surface area contributed by atoms with E-state index in [9.17, 15) is 9.90 Å². The number of hydrogen-bond acceptors (Lipinski definition) is 7. The summed E-state index contributed by atoms with van der Waals surface area (Å²) in [7, 11) is 1.66. The molecule has 0 bridgehead atoms. The second-order valence-corrected chi connectivity index (χ2v) is 12.1. The molecular weight excluding hydrogens is 476 g/mol. The SMILES string of the molecule is CC[C@@H]1C(C)[C@H](OC[C@@H]2C(CO[C@H]3OC(C(=O)O)[C@@H](C)[C@@H](C)C3C)[C@H](OC)OC(C)[C@H]2C)OC(C)[C@H]1C. The van der Waals surface area contributed by atoms with Gasteiger partial charge in [0.1, 0.15) is 0 Å². The predicted octanol–water partition coefficient (Wildman–Crippen LogP) is 5.04. The molecular formula is C29H52O8. The van der Waals surface area contributed by atoms with Crippen LogP contribution in [0.2, 0.25) is 0 Å². The van der Waals surface area contributed by atoms with Crippen LogP contribution >= 0.6 is 0 Å². The predicted molar refractivity (Wildman–Crippen MR) is 140 cm³/mol. The lowest BCUT2D eigenvalue weighted by atomic mass is 9.76. The van der Waals surface area contributed by atoms with Gasteiger partial charge in [-0.2, -0.15) is 0 Å². The number of hydrogen-bond donors (Lipinski definition) is 1. The van der Waals surface area contributed by atoms with Gasteiger partial charge in [-0.05, 0) is 49.4 Å². The second kappa shape index (κ2) is 13.1. The molecule has 0 aromatic carbocycles. The van der Waals surface area contributed by atoms with Gasteiger partial charge in [-0.3, -0.25) is 0 Å².